The third kappa shape index (κ3) is 3.40. The molecule has 1 aliphatic heterocycles. The van der Waals surface area contributed by atoms with E-state index in [9.17, 15) is 14.7 Å². The fourth-order valence-corrected chi connectivity index (χ4v) is 2.17. The molecule has 1 aromatic rings. The summed E-state index contributed by atoms with van der Waals surface area (Å²) in [4.78, 5) is 25.0. The molecule has 1 fully saturated rings. The standard InChI is InChI=1S/C14H18N2O4/c1-2-16-8-10(7-14(16)19)15-13(18)9-20-12-6-4-3-5-11(12)17/h3-6,10,17H,2,7-9H2,1H3,(H,15,18)/t10-/m0/s1. The van der Waals surface area contributed by atoms with Crippen LogP contribution in [-0.2, 0) is 9.59 Å². The first-order valence-electron chi connectivity index (χ1n) is 6.58. The van der Waals surface area contributed by atoms with Crippen LogP contribution in [0.1, 0.15) is 13.3 Å². The van der Waals surface area contributed by atoms with Crippen molar-refractivity contribution in [2.75, 3.05) is 19.7 Å². The second-order valence-corrected chi connectivity index (χ2v) is 4.66. The summed E-state index contributed by atoms with van der Waals surface area (Å²) in [6.07, 6.45) is 0.330. The molecule has 0 radical (unpaired) electrons. The van der Waals surface area contributed by atoms with Crippen LogP contribution >= 0.6 is 0 Å². The normalized spacial score (nSPS) is 18.1. The van der Waals surface area contributed by atoms with E-state index in [1.165, 1.54) is 6.07 Å². The Bertz CT molecular complexity index is 504. The summed E-state index contributed by atoms with van der Waals surface area (Å²) < 4.78 is 5.23. The average Bonchev–Trinajstić information content (AvgIpc) is 2.77. The Hall–Kier alpha value is -2.24. The number of carbonyl (C=O) groups is 2. The monoisotopic (exact) mass is 278 g/mol. The van der Waals surface area contributed by atoms with Gasteiger partial charge in [-0.2, -0.15) is 0 Å². The van der Waals surface area contributed by atoms with Gasteiger partial charge in [-0.1, -0.05) is 12.1 Å². The van der Waals surface area contributed by atoms with E-state index in [0.717, 1.165) is 0 Å². The van der Waals surface area contributed by atoms with Gasteiger partial charge in [0.2, 0.25) is 5.91 Å². The molecular weight excluding hydrogens is 260 g/mol. The van der Waals surface area contributed by atoms with E-state index in [4.69, 9.17) is 4.74 Å². The number of para-hydroxylation sites is 2. The van der Waals surface area contributed by atoms with Gasteiger partial charge in [0.15, 0.2) is 18.1 Å². The van der Waals surface area contributed by atoms with E-state index in [2.05, 4.69) is 5.32 Å². The van der Waals surface area contributed by atoms with E-state index in [0.29, 0.717) is 19.5 Å². The van der Waals surface area contributed by atoms with Gasteiger partial charge in [-0.05, 0) is 19.1 Å². The van der Waals surface area contributed by atoms with Gasteiger partial charge in [-0.15, -0.1) is 0 Å². The number of nitrogens with one attached hydrogen (secondary N) is 1. The van der Waals surface area contributed by atoms with Crippen molar-refractivity contribution in [3.05, 3.63) is 24.3 Å². The largest absolute Gasteiger partial charge is 0.504 e. The number of carbonyl (C=O) groups excluding carboxylic acids is 2. The summed E-state index contributed by atoms with van der Waals surface area (Å²) in [5, 5.41) is 12.3. The Morgan fingerprint density at radius 1 is 1.50 bits per heavy atom. The van der Waals surface area contributed by atoms with Crippen LogP contribution in [0.2, 0.25) is 0 Å². The maximum atomic E-state index is 11.7. The van der Waals surface area contributed by atoms with E-state index >= 15 is 0 Å². The number of phenols is 1. The Morgan fingerprint density at radius 2 is 2.25 bits per heavy atom. The first-order chi connectivity index (χ1) is 9.60. The van der Waals surface area contributed by atoms with Gasteiger partial charge in [0, 0.05) is 19.5 Å². The van der Waals surface area contributed by atoms with Crippen molar-refractivity contribution >= 4 is 11.8 Å². The molecule has 1 heterocycles. The molecule has 6 heteroatoms. The SMILES string of the molecule is CCN1C[C@@H](NC(=O)COc2ccccc2O)CC1=O. The van der Waals surface area contributed by atoms with Crippen LogP contribution in [0.25, 0.3) is 0 Å². The van der Waals surface area contributed by atoms with Crippen LogP contribution in [-0.4, -0.2) is 47.6 Å². The lowest BCUT2D eigenvalue weighted by Crippen LogP contribution is -2.39. The van der Waals surface area contributed by atoms with Gasteiger partial charge in [0.05, 0.1) is 6.04 Å². The fourth-order valence-electron chi connectivity index (χ4n) is 2.17. The van der Waals surface area contributed by atoms with Crippen molar-refractivity contribution in [2.24, 2.45) is 0 Å². The molecule has 1 aromatic carbocycles. The predicted octanol–water partition coefficient (Wildman–Crippen LogP) is 0.508. The molecule has 2 rings (SSSR count). The van der Waals surface area contributed by atoms with Gasteiger partial charge >= 0.3 is 0 Å². The predicted molar refractivity (Wildman–Crippen MR) is 72.4 cm³/mol. The second kappa shape index (κ2) is 6.27. The maximum absolute atomic E-state index is 11.7. The molecule has 1 aliphatic rings. The molecule has 1 atom stereocenters. The minimum Gasteiger partial charge on any atom is -0.504 e. The highest BCUT2D eigenvalue weighted by Gasteiger charge is 2.29. The lowest BCUT2D eigenvalue weighted by molar-refractivity contribution is -0.127. The minimum atomic E-state index is -0.302. The zero-order valence-electron chi connectivity index (χ0n) is 11.3. The third-order valence-electron chi connectivity index (χ3n) is 3.19. The Morgan fingerprint density at radius 3 is 2.90 bits per heavy atom. The highest BCUT2D eigenvalue weighted by atomic mass is 16.5. The van der Waals surface area contributed by atoms with Gasteiger partial charge < -0.3 is 20.1 Å². The molecule has 2 N–H and O–H groups in total. The quantitative estimate of drug-likeness (QED) is 0.822. The number of amides is 2. The van der Waals surface area contributed by atoms with Crippen LogP contribution in [0.4, 0.5) is 0 Å². The Balaban J connectivity index is 1.79. The molecule has 2 amide bonds. The number of hydrogen-bond acceptors (Lipinski definition) is 4. The highest BCUT2D eigenvalue weighted by molar-refractivity contribution is 5.82. The van der Waals surface area contributed by atoms with E-state index in [1.807, 2.05) is 6.92 Å². The summed E-state index contributed by atoms with van der Waals surface area (Å²) in [5.41, 5.74) is 0. The molecule has 0 aromatic heterocycles. The first-order valence-corrected chi connectivity index (χ1v) is 6.58. The number of rotatable bonds is 5. The summed E-state index contributed by atoms with van der Waals surface area (Å²) in [7, 11) is 0. The van der Waals surface area contributed by atoms with Crippen molar-refractivity contribution in [3.63, 3.8) is 0 Å². The molecule has 1 saturated heterocycles. The fraction of sp³-hybridized carbons (Fsp3) is 0.429. The van der Waals surface area contributed by atoms with Crippen molar-refractivity contribution < 1.29 is 19.4 Å². The number of likely N-dealkylation sites (tertiary alicyclic amines) is 1. The van der Waals surface area contributed by atoms with Crippen molar-refractivity contribution in [1.82, 2.24) is 10.2 Å². The molecule has 0 unspecified atom stereocenters. The molecular formula is C14H18N2O4. The lowest BCUT2D eigenvalue weighted by Gasteiger charge is -2.15. The van der Waals surface area contributed by atoms with Gasteiger partial charge in [0.1, 0.15) is 0 Å². The summed E-state index contributed by atoms with van der Waals surface area (Å²) in [6.45, 7) is 2.91. The van der Waals surface area contributed by atoms with Gasteiger partial charge in [-0.3, -0.25) is 9.59 Å². The van der Waals surface area contributed by atoms with Crippen molar-refractivity contribution in [3.8, 4) is 11.5 Å². The van der Waals surface area contributed by atoms with Crippen LogP contribution in [0, 0.1) is 0 Å². The van der Waals surface area contributed by atoms with Crippen molar-refractivity contribution in [1.29, 1.82) is 0 Å². The zero-order chi connectivity index (χ0) is 14.5. The highest BCUT2D eigenvalue weighted by Crippen LogP contribution is 2.24. The number of nitrogens with zero attached hydrogens (tertiary/aromatic N) is 1. The Labute approximate surface area is 117 Å². The molecule has 108 valence electrons. The van der Waals surface area contributed by atoms with E-state index in [-0.39, 0.29) is 36.0 Å². The van der Waals surface area contributed by atoms with Crippen LogP contribution in [0.15, 0.2) is 24.3 Å². The van der Waals surface area contributed by atoms with Crippen LogP contribution < -0.4 is 10.1 Å². The Kier molecular flexibility index (Phi) is 4.45. The molecule has 0 bridgehead atoms. The minimum absolute atomic E-state index is 0.00602. The molecule has 6 nitrogen and oxygen atoms in total. The second-order valence-electron chi connectivity index (χ2n) is 4.66. The van der Waals surface area contributed by atoms with E-state index < -0.39 is 0 Å². The molecule has 0 saturated carbocycles. The van der Waals surface area contributed by atoms with Gasteiger partial charge in [0.25, 0.3) is 5.91 Å². The average molecular weight is 278 g/mol. The van der Waals surface area contributed by atoms with Gasteiger partial charge in [-0.25, -0.2) is 0 Å². The van der Waals surface area contributed by atoms with Crippen LogP contribution in [0.5, 0.6) is 11.5 Å². The first kappa shape index (κ1) is 14.2. The summed E-state index contributed by atoms with van der Waals surface area (Å²) in [6, 6.07) is 6.29. The number of ether oxygens (including phenoxy) is 1. The molecule has 0 aliphatic carbocycles. The molecule has 20 heavy (non-hydrogen) atoms. The summed E-state index contributed by atoms with van der Waals surface area (Å²) >= 11 is 0. The zero-order valence-corrected chi connectivity index (χ0v) is 11.3. The number of likely N-dealkylation sites (N-methyl/N-ethyl adjacent to an activating group) is 1. The number of aromatic hydroxyl groups is 1. The number of hydrogen-bond donors (Lipinski definition) is 2. The number of benzene rings is 1. The third-order valence-corrected chi connectivity index (χ3v) is 3.19. The lowest BCUT2D eigenvalue weighted by atomic mass is 10.2. The maximum Gasteiger partial charge on any atom is 0.258 e. The molecule has 0 spiro atoms. The topological polar surface area (TPSA) is 78.9 Å². The van der Waals surface area contributed by atoms with Crippen molar-refractivity contribution in [2.45, 2.75) is 19.4 Å². The smallest absolute Gasteiger partial charge is 0.258 e. The number of phenolic OH excluding ortho intramolecular Hbond substituents is 1. The van der Waals surface area contributed by atoms with Crippen LogP contribution in [0.3, 0.4) is 0 Å². The van der Waals surface area contributed by atoms with E-state index in [1.54, 1.807) is 23.1 Å². The summed E-state index contributed by atoms with van der Waals surface area (Å²) in [5.74, 6) is 0.0114.